The molecular formula is C67H64F12N8O10. The lowest BCUT2D eigenvalue weighted by molar-refractivity contribution is -0.137. The second-order valence-electron chi connectivity index (χ2n) is 22.0. The van der Waals surface area contributed by atoms with E-state index >= 15 is 0 Å². The third-order valence-electron chi connectivity index (χ3n) is 14.9. The Balaban J connectivity index is 0.000000173. The smallest absolute Gasteiger partial charge is 0.417 e. The number of phenols is 5. The SMILES string of the molecule is CN(C)CCn1c(=O)cc(C(F)(F)F)c2ccc(O)cc21.NCCc1c[nH]c2ccc(O)cc12.NCCn1c(=O)cc(C(F)(F)F)c2ccc(O)cc21.O=c1cc(C(F)(F)F)c2ccc(O)cc2n1CCCc1ccccc1.O=c1cc(C(F)(F)F)c2ccc(O)cc2n1CCO. The summed E-state index contributed by atoms with van der Waals surface area (Å²) < 4.78 is 160. The molecule has 0 aliphatic heterocycles. The van der Waals surface area contributed by atoms with Crippen LogP contribution in [0.2, 0.25) is 0 Å². The van der Waals surface area contributed by atoms with Gasteiger partial charge in [0.2, 0.25) is 0 Å². The van der Waals surface area contributed by atoms with Crippen molar-refractivity contribution in [1.29, 1.82) is 0 Å². The topological polar surface area (TPSA) is 280 Å². The van der Waals surface area contributed by atoms with Gasteiger partial charge in [-0.2, -0.15) is 52.7 Å². The van der Waals surface area contributed by atoms with E-state index < -0.39 is 75.8 Å². The van der Waals surface area contributed by atoms with Gasteiger partial charge in [0.1, 0.15) is 28.7 Å². The van der Waals surface area contributed by atoms with Crippen LogP contribution in [0.25, 0.3) is 54.5 Å². The number of benzene rings is 6. The van der Waals surface area contributed by atoms with Crippen LogP contribution >= 0.6 is 0 Å². The summed E-state index contributed by atoms with van der Waals surface area (Å²) in [5.41, 5.74) is 7.08. The first-order valence-electron chi connectivity index (χ1n) is 29.3. The molecule has 11 aromatic rings. The molecule has 0 saturated heterocycles. The summed E-state index contributed by atoms with van der Waals surface area (Å²) in [6, 6.07) is 31.0. The number of likely N-dealkylation sites (N-methyl/N-ethyl adjacent to an activating group) is 1. The van der Waals surface area contributed by atoms with Crippen LogP contribution in [-0.2, 0) is 63.7 Å². The number of nitrogens with zero attached hydrogens (tertiary/aromatic N) is 5. The third-order valence-corrected chi connectivity index (χ3v) is 14.9. The van der Waals surface area contributed by atoms with Crippen molar-refractivity contribution in [2.75, 3.05) is 40.3 Å². The van der Waals surface area contributed by atoms with E-state index in [1.165, 1.54) is 45.5 Å². The van der Waals surface area contributed by atoms with Gasteiger partial charge >= 0.3 is 24.7 Å². The number of hydrogen-bond donors (Lipinski definition) is 9. The summed E-state index contributed by atoms with van der Waals surface area (Å²) >= 11 is 0. The average molecular weight is 1370 g/mol. The lowest BCUT2D eigenvalue weighted by Crippen LogP contribution is -2.28. The molecule has 5 heterocycles. The van der Waals surface area contributed by atoms with Crippen LogP contribution in [-0.4, -0.2) is 99.1 Å². The molecule has 11 N–H and O–H groups in total. The minimum Gasteiger partial charge on any atom is -0.508 e. The van der Waals surface area contributed by atoms with E-state index in [2.05, 4.69) is 4.98 Å². The highest BCUT2D eigenvalue weighted by molar-refractivity contribution is 5.88. The molecule has 0 bridgehead atoms. The molecule has 5 aromatic heterocycles. The molecule has 0 saturated carbocycles. The first-order chi connectivity index (χ1) is 45.5. The standard InChI is InChI=1S/C19H16F3NO2.C14H15F3N2O2.C12H11F3N2O2.C12H10F3NO3.C10H12N2O/c20-19(21,22)16-12-18(25)23(17-11-14(24)8-9-15(16)17)10-4-7-13-5-2-1-3-6-13;1-18(2)5-6-19-12-7-9(20)3-4-10(12)11(8-13(19)21)14(15,16)17;13-12(14,15)9-6-11(19)17(4-3-16)10-5-7(18)1-2-8(9)10;13-12(14,15)9-6-11(19)16(3-4-17)10-5-7(18)1-2-8(9)10;11-4-3-7-6-12-10-2-1-8(13)5-9(7)10/h1-3,5-6,8-9,11-12,24H,4,7,10H2;3-4,7-8,20H,5-6H2,1-2H3;1-2,5-6,18H,3-4,16H2;1-2,5-6,17-18H,3-4H2;1-2,5-6,12-13H,3-4,11H2. The van der Waals surface area contributed by atoms with Crippen LogP contribution in [0.3, 0.4) is 0 Å². The number of nitrogens with one attached hydrogen (secondary N) is 1. The Kier molecular flexibility index (Phi) is 23.7. The lowest BCUT2D eigenvalue weighted by atomic mass is 10.1. The van der Waals surface area contributed by atoms with Gasteiger partial charge in [0, 0.05) is 126 Å². The number of aromatic hydroxyl groups is 5. The van der Waals surface area contributed by atoms with Gasteiger partial charge in [-0.05, 0) is 118 Å². The highest BCUT2D eigenvalue weighted by atomic mass is 19.4. The van der Waals surface area contributed by atoms with Gasteiger partial charge in [-0.15, -0.1) is 0 Å². The van der Waals surface area contributed by atoms with Gasteiger partial charge in [0.25, 0.3) is 22.2 Å². The quantitative estimate of drug-likeness (QED) is 0.0486. The predicted octanol–water partition coefficient (Wildman–Crippen LogP) is 11.4. The molecule has 97 heavy (non-hydrogen) atoms. The number of phenolic OH excluding ortho intramolecular Hbond substituents is 5. The third kappa shape index (κ3) is 18.6. The number of aliphatic hydroxyl groups excluding tert-OH is 1. The number of pyridine rings is 4. The fourth-order valence-electron chi connectivity index (χ4n) is 10.5. The molecule has 0 aliphatic rings. The second kappa shape index (κ2) is 31.1. The van der Waals surface area contributed by atoms with E-state index in [0.29, 0.717) is 55.9 Å². The zero-order valence-electron chi connectivity index (χ0n) is 51.5. The largest absolute Gasteiger partial charge is 0.508 e. The Hall–Kier alpha value is -10.3. The van der Waals surface area contributed by atoms with E-state index in [1.807, 2.05) is 47.5 Å². The maximum absolute atomic E-state index is 13.2. The van der Waals surface area contributed by atoms with Gasteiger partial charge in [0.05, 0.1) is 50.9 Å². The molecule has 11 rings (SSSR count). The highest BCUT2D eigenvalue weighted by Gasteiger charge is 2.37. The fraction of sp³-hybridized carbons (Fsp3) is 0.254. The summed E-state index contributed by atoms with van der Waals surface area (Å²) in [6.45, 7) is 1.29. The zero-order chi connectivity index (χ0) is 71.5. The molecule has 0 aliphatic carbocycles. The van der Waals surface area contributed by atoms with Crippen LogP contribution in [0.4, 0.5) is 52.7 Å². The number of nitrogens with two attached hydrogens (primary N) is 2. The molecule has 0 atom stereocenters. The van der Waals surface area contributed by atoms with E-state index in [-0.39, 0.29) is 99.3 Å². The van der Waals surface area contributed by atoms with Crippen molar-refractivity contribution in [1.82, 2.24) is 28.2 Å². The number of aromatic amines is 1. The number of alkyl halides is 12. The number of rotatable bonds is 13. The van der Waals surface area contributed by atoms with Crippen molar-refractivity contribution >= 4 is 54.5 Å². The van der Waals surface area contributed by atoms with Gasteiger partial charge in [-0.3, -0.25) is 19.2 Å². The molecule has 18 nitrogen and oxygen atoms in total. The summed E-state index contributed by atoms with van der Waals surface area (Å²) in [4.78, 5) is 52.6. The minimum absolute atomic E-state index is 0.0188. The highest BCUT2D eigenvalue weighted by Crippen LogP contribution is 2.39. The summed E-state index contributed by atoms with van der Waals surface area (Å²) in [6.07, 6.45) is -14.5. The van der Waals surface area contributed by atoms with Gasteiger partial charge < -0.3 is 70.3 Å². The molecule has 0 spiro atoms. The number of aryl methyl sites for hydroxylation is 2. The molecule has 6 aromatic carbocycles. The predicted molar refractivity (Wildman–Crippen MR) is 342 cm³/mol. The van der Waals surface area contributed by atoms with Crippen molar-refractivity contribution in [3.05, 3.63) is 227 Å². The maximum atomic E-state index is 13.2. The van der Waals surface area contributed by atoms with Gasteiger partial charge in [-0.1, -0.05) is 30.3 Å². The Labute approximate surface area is 541 Å². The van der Waals surface area contributed by atoms with Crippen molar-refractivity contribution in [2.24, 2.45) is 11.5 Å². The molecule has 30 heteroatoms. The van der Waals surface area contributed by atoms with Crippen molar-refractivity contribution in [3.8, 4) is 28.7 Å². The maximum Gasteiger partial charge on any atom is 0.417 e. The average Bonchev–Trinajstić information content (AvgIpc) is 1.52. The Morgan fingerprint density at radius 2 is 0.763 bits per heavy atom. The summed E-state index contributed by atoms with van der Waals surface area (Å²) in [7, 11) is 3.60. The first-order valence-corrected chi connectivity index (χ1v) is 29.3. The van der Waals surface area contributed by atoms with Crippen molar-refractivity contribution in [3.63, 3.8) is 0 Å². The molecule has 516 valence electrons. The van der Waals surface area contributed by atoms with Crippen LogP contribution in [0.15, 0.2) is 171 Å². The van der Waals surface area contributed by atoms with Crippen LogP contribution in [0, 0.1) is 0 Å². The number of fused-ring (bicyclic) bond motifs is 5. The Bertz CT molecular complexity index is 4710. The van der Waals surface area contributed by atoms with E-state index in [1.54, 1.807) is 26.2 Å². The Morgan fingerprint density at radius 1 is 0.412 bits per heavy atom. The normalized spacial score (nSPS) is 11.9. The number of H-pyrrole nitrogens is 1. The van der Waals surface area contributed by atoms with Gasteiger partial charge in [0.15, 0.2) is 0 Å². The Morgan fingerprint density at radius 3 is 1.11 bits per heavy atom. The first kappa shape index (κ1) is 74.1. The molecule has 0 fully saturated rings. The fourth-order valence-corrected chi connectivity index (χ4v) is 10.5. The number of halogens is 12. The zero-order valence-corrected chi connectivity index (χ0v) is 51.5. The van der Waals surface area contributed by atoms with E-state index in [4.69, 9.17) is 16.6 Å². The monoisotopic (exact) mass is 1370 g/mol. The molecule has 0 radical (unpaired) electrons. The summed E-state index contributed by atoms with van der Waals surface area (Å²) in [5, 5.41) is 56.6. The molecular weight excluding hydrogens is 1300 g/mol. The lowest BCUT2D eigenvalue weighted by Gasteiger charge is -2.17. The summed E-state index contributed by atoms with van der Waals surface area (Å²) in [5.74, 6) is -0.525. The number of hydrogen-bond acceptors (Lipinski definition) is 13. The van der Waals surface area contributed by atoms with E-state index in [9.17, 15) is 97.4 Å². The molecule has 0 unspecified atom stereocenters. The van der Waals surface area contributed by atoms with Gasteiger partial charge in [-0.25, -0.2) is 0 Å². The number of aromatic nitrogens is 5. The van der Waals surface area contributed by atoms with Crippen molar-refractivity contribution in [2.45, 2.75) is 70.1 Å². The van der Waals surface area contributed by atoms with Crippen LogP contribution < -0.4 is 33.7 Å². The molecule has 0 amide bonds. The second-order valence-corrected chi connectivity index (χ2v) is 22.0. The minimum atomic E-state index is -4.66. The van der Waals surface area contributed by atoms with Crippen molar-refractivity contribution < 1.29 is 83.3 Å². The van der Waals surface area contributed by atoms with Crippen LogP contribution in [0.5, 0.6) is 28.7 Å². The number of aliphatic hydroxyl groups is 1. The van der Waals surface area contributed by atoms with E-state index in [0.717, 1.165) is 74.0 Å². The van der Waals surface area contributed by atoms with Crippen LogP contribution in [0.1, 0.15) is 39.8 Å².